The van der Waals surface area contributed by atoms with E-state index >= 15 is 0 Å². The van der Waals surface area contributed by atoms with Gasteiger partial charge < -0.3 is 25.3 Å². The Kier molecular flexibility index (Phi) is 8.65. The SMILES string of the molecule is COc1cc(C(=O)NC(N)=Nc2cc(NC(=O)c3ccc(-c4ccccc4)cc3)ccc2C)cc(OC)c1OC. The molecule has 0 aliphatic heterocycles. The molecule has 4 N–H and O–H groups in total. The van der Waals surface area contributed by atoms with Gasteiger partial charge in [0.1, 0.15) is 0 Å². The third kappa shape index (κ3) is 6.39. The molecule has 4 rings (SSSR count). The standard InChI is InChI=1S/C31H30N4O5/c1-19-10-15-24(33-29(36)22-13-11-21(12-14-22)20-8-6-5-7-9-20)18-25(19)34-31(32)35-30(37)23-16-26(38-2)28(40-4)27(17-23)39-3/h5-18H,1-4H3,(H,33,36)(H3,32,34,35,37). The fourth-order valence-electron chi connectivity index (χ4n) is 4.01. The Labute approximate surface area is 232 Å². The molecule has 0 aromatic heterocycles. The summed E-state index contributed by atoms with van der Waals surface area (Å²) in [6, 6.07) is 25.6. The van der Waals surface area contributed by atoms with Gasteiger partial charge in [-0.05, 0) is 60.0 Å². The zero-order valence-corrected chi connectivity index (χ0v) is 22.6. The Hall–Kier alpha value is -5.31. The zero-order chi connectivity index (χ0) is 28.6. The second kappa shape index (κ2) is 12.5. The summed E-state index contributed by atoms with van der Waals surface area (Å²) >= 11 is 0. The monoisotopic (exact) mass is 538 g/mol. The second-order valence-electron chi connectivity index (χ2n) is 8.76. The molecule has 0 saturated heterocycles. The van der Waals surface area contributed by atoms with Crippen molar-refractivity contribution in [3.8, 4) is 28.4 Å². The molecule has 204 valence electrons. The largest absolute Gasteiger partial charge is 0.493 e. The van der Waals surface area contributed by atoms with Crippen LogP contribution < -0.4 is 30.6 Å². The number of carbonyl (C=O) groups is 2. The van der Waals surface area contributed by atoms with Crippen molar-refractivity contribution >= 4 is 29.1 Å². The number of rotatable bonds is 8. The third-order valence-corrected chi connectivity index (χ3v) is 6.13. The van der Waals surface area contributed by atoms with Crippen LogP contribution in [0, 0.1) is 6.92 Å². The number of hydrogen-bond acceptors (Lipinski definition) is 6. The Bertz CT molecular complexity index is 1530. The summed E-state index contributed by atoms with van der Waals surface area (Å²) in [6.07, 6.45) is 0. The number of nitrogens with zero attached hydrogens (tertiary/aromatic N) is 1. The van der Waals surface area contributed by atoms with Crippen LogP contribution in [0.1, 0.15) is 26.3 Å². The highest BCUT2D eigenvalue weighted by Crippen LogP contribution is 2.38. The smallest absolute Gasteiger partial charge is 0.258 e. The van der Waals surface area contributed by atoms with Crippen LogP contribution in [-0.4, -0.2) is 39.1 Å². The van der Waals surface area contributed by atoms with E-state index in [0.717, 1.165) is 16.7 Å². The van der Waals surface area contributed by atoms with Gasteiger partial charge in [0.05, 0.1) is 27.0 Å². The minimum Gasteiger partial charge on any atom is -0.493 e. The molecule has 4 aromatic rings. The van der Waals surface area contributed by atoms with Gasteiger partial charge >= 0.3 is 0 Å². The Balaban J connectivity index is 1.48. The number of amides is 2. The van der Waals surface area contributed by atoms with Crippen LogP contribution in [0.4, 0.5) is 11.4 Å². The number of benzene rings is 4. The topological polar surface area (TPSA) is 124 Å². The number of aliphatic imine (C=N–C) groups is 1. The van der Waals surface area contributed by atoms with Gasteiger partial charge in [0.2, 0.25) is 11.7 Å². The lowest BCUT2D eigenvalue weighted by atomic mass is 10.0. The number of hydrogen-bond donors (Lipinski definition) is 3. The highest BCUT2D eigenvalue weighted by molar-refractivity contribution is 6.07. The molecule has 0 bridgehead atoms. The molecular weight excluding hydrogens is 508 g/mol. The van der Waals surface area contributed by atoms with E-state index in [1.54, 1.807) is 30.3 Å². The highest BCUT2D eigenvalue weighted by Gasteiger charge is 2.18. The van der Waals surface area contributed by atoms with E-state index in [0.29, 0.717) is 34.2 Å². The fourth-order valence-corrected chi connectivity index (χ4v) is 4.01. The van der Waals surface area contributed by atoms with Crippen LogP contribution in [0.3, 0.4) is 0 Å². The lowest BCUT2D eigenvalue weighted by Crippen LogP contribution is -2.36. The van der Waals surface area contributed by atoms with E-state index in [4.69, 9.17) is 19.9 Å². The van der Waals surface area contributed by atoms with E-state index < -0.39 is 5.91 Å². The maximum Gasteiger partial charge on any atom is 0.258 e. The van der Waals surface area contributed by atoms with Crippen LogP contribution in [0.25, 0.3) is 11.1 Å². The molecule has 0 spiro atoms. The summed E-state index contributed by atoms with van der Waals surface area (Å²) in [4.78, 5) is 30.1. The average Bonchev–Trinajstić information content (AvgIpc) is 2.98. The molecule has 40 heavy (non-hydrogen) atoms. The summed E-state index contributed by atoms with van der Waals surface area (Å²) in [7, 11) is 4.40. The summed E-state index contributed by atoms with van der Waals surface area (Å²) in [5.41, 5.74) is 10.7. The van der Waals surface area contributed by atoms with Gasteiger partial charge in [-0.1, -0.05) is 48.5 Å². The molecule has 4 aromatic carbocycles. The van der Waals surface area contributed by atoms with E-state index in [1.165, 1.54) is 33.5 Å². The van der Waals surface area contributed by atoms with E-state index in [1.807, 2.05) is 49.4 Å². The number of nitrogens with two attached hydrogens (primary N) is 1. The van der Waals surface area contributed by atoms with Crippen molar-refractivity contribution in [1.82, 2.24) is 5.32 Å². The minimum atomic E-state index is -0.512. The highest BCUT2D eigenvalue weighted by atomic mass is 16.5. The molecule has 2 amide bonds. The maximum atomic E-state index is 12.9. The van der Waals surface area contributed by atoms with Crippen molar-refractivity contribution in [3.63, 3.8) is 0 Å². The molecule has 0 unspecified atom stereocenters. The van der Waals surface area contributed by atoms with Gasteiger partial charge in [-0.2, -0.15) is 0 Å². The number of carbonyl (C=O) groups excluding carboxylic acids is 2. The van der Waals surface area contributed by atoms with Crippen molar-refractivity contribution in [1.29, 1.82) is 0 Å². The molecule has 9 heteroatoms. The van der Waals surface area contributed by atoms with E-state index in [2.05, 4.69) is 15.6 Å². The number of aryl methyl sites for hydroxylation is 1. The average molecular weight is 539 g/mol. The number of ether oxygens (including phenoxy) is 3. The maximum absolute atomic E-state index is 12.9. The Morgan fingerprint density at radius 2 is 1.35 bits per heavy atom. The van der Waals surface area contributed by atoms with Gasteiger partial charge in [0.15, 0.2) is 11.5 Å². The molecule has 9 nitrogen and oxygen atoms in total. The van der Waals surface area contributed by atoms with Gasteiger partial charge in [-0.15, -0.1) is 0 Å². The lowest BCUT2D eigenvalue weighted by molar-refractivity contribution is 0.0974. The molecule has 0 radical (unpaired) electrons. The number of anilines is 1. The Morgan fingerprint density at radius 3 is 1.95 bits per heavy atom. The summed E-state index contributed by atoms with van der Waals surface area (Å²) < 4.78 is 15.9. The van der Waals surface area contributed by atoms with Gasteiger partial charge in [0.25, 0.3) is 11.8 Å². The normalized spacial score (nSPS) is 10.9. The molecule has 0 saturated carbocycles. The lowest BCUT2D eigenvalue weighted by Gasteiger charge is -2.14. The number of guanidine groups is 1. The first-order valence-corrected chi connectivity index (χ1v) is 12.4. The third-order valence-electron chi connectivity index (χ3n) is 6.13. The van der Waals surface area contributed by atoms with Crippen molar-refractivity contribution in [2.75, 3.05) is 26.6 Å². The quantitative estimate of drug-likeness (QED) is 0.206. The first-order chi connectivity index (χ1) is 19.3. The molecule has 0 atom stereocenters. The van der Waals surface area contributed by atoms with Crippen molar-refractivity contribution in [2.24, 2.45) is 10.7 Å². The summed E-state index contributed by atoms with van der Waals surface area (Å²) in [6.45, 7) is 1.85. The van der Waals surface area contributed by atoms with Crippen molar-refractivity contribution in [2.45, 2.75) is 6.92 Å². The van der Waals surface area contributed by atoms with Crippen LogP contribution in [-0.2, 0) is 0 Å². The van der Waals surface area contributed by atoms with E-state index in [-0.39, 0.29) is 17.4 Å². The molecule has 0 aliphatic rings. The first-order valence-electron chi connectivity index (χ1n) is 12.4. The summed E-state index contributed by atoms with van der Waals surface area (Å²) in [5.74, 6) is 0.128. The van der Waals surface area contributed by atoms with Crippen LogP contribution >= 0.6 is 0 Å². The Morgan fingerprint density at radius 1 is 0.725 bits per heavy atom. The fraction of sp³-hybridized carbons (Fsp3) is 0.129. The molecule has 0 heterocycles. The first kappa shape index (κ1) is 27.7. The van der Waals surface area contributed by atoms with Crippen LogP contribution in [0.15, 0.2) is 89.9 Å². The summed E-state index contributed by atoms with van der Waals surface area (Å²) in [5, 5.41) is 5.45. The van der Waals surface area contributed by atoms with Gasteiger partial charge in [-0.25, -0.2) is 4.99 Å². The zero-order valence-electron chi connectivity index (χ0n) is 22.6. The van der Waals surface area contributed by atoms with Gasteiger partial charge in [0, 0.05) is 16.8 Å². The molecule has 0 fully saturated rings. The van der Waals surface area contributed by atoms with Crippen molar-refractivity contribution in [3.05, 3.63) is 102 Å². The predicted octanol–water partition coefficient (Wildman–Crippen LogP) is 5.32. The van der Waals surface area contributed by atoms with Crippen LogP contribution in [0.5, 0.6) is 17.2 Å². The number of methoxy groups -OCH3 is 3. The van der Waals surface area contributed by atoms with Crippen molar-refractivity contribution < 1.29 is 23.8 Å². The molecular formula is C31H30N4O5. The predicted molar refractivity (Wildman–Crippen MR) is 156 cm³/mol. The van der Waals surface area contributed by atoms with E-state index in [9.17, 15) is 9.59 Å². The second-order valence-corrected chi connectivity index (χ2v) is 8.76. The van der Waals surface area contributed by atoms with Crippen LogP contribution in [0.2, 0.25) is 0 Å². The molecule has 0 aliphatic carbocycles. The number of nitrogens with one attached hydrogen (secondary N) is 2. The van der Waals surface area contributed by atoms with Gasteiger partial charge in [-0.3, -0.25) is 14.9 Å². The minimum absolute atomic E-state index is 0.123.